The Hall–Kier alpha value is -0.280. The summed E-state index contributed by atoms with van der Waals surface area (Å²) in [5.74, 6) is 0.781. The number of alkyl halides is 1. The lowest BCUT2D eigenvalue weighted by Crippen LogP contribution is -2.21. The van der Waals surface area contributed by atoms with E-state index >= 15 is 0 Å². The van der Waals surface area contributed by atoms with E-state index in [0.29, 0.717) is 5.38 Å². The fraction of sp³-hybridized carbons (Fsp3) is 0.750. The van der Waals surface area contributed by atoms with Gasteiger partial charge in [-0.1, -0.05) is 6.92 Å². The summed E-state index contributed by atoms with van der Waals surface area (Å²) in [6.07, 6.45) is 5.88. The topological polar surface area (TPSA) is 24.9 Å². The van der Waals surface area contributed by atoms with Crippen molar-refractivity contribution in [3.63, 3.8) is 0 Å². The predicted octanol–water partition coefficient (Wildman–Crippen LogP) is 3.92. The molecule has 4 heteroatoms. The highest BCUT2D eigenvalue weighted by Gasteiger charge is 2.19. The first-order valence-corrected chi connectivity index (χ1v) is 7.42. The summed E-state index contributed by atoms with van der Waals surface area (Å²) < 4.78 is 0. The molecule has 1 fully saturated rings. The van der Waals surface area contributed by atoms with Gasteiger partial charge in [0.05, 0.1) is 5.69 Å². The Morgan fingerprint density at radius 3 is 2.81 bits per heavy atom. The summed E-state index contributed by atoms with van der Waals surface area (Å²) in [5.41, 5.74) is 1.19. The number of anilines is 1. The van der Waals surface area contributed by atoms with Gasteiger partial charge < -0.3 is 5.32 Å². The van der Waals surface area contributed by atoms with Crippen LogP contribution in [0.5, 0.6) is 0 Å². The Morgan fingerprint density at radius 2 is 2.19 bits per heavy atom. The van der Waals surface area contributed by atoms with E-state index in [1.807, 2.05) is 0 Å². The summed E-state index contributed by atoms with van der Waals surface area (Å²) in [5, 5.41) is 7.08. The second-order valence-electron chi connectivity index (χ2n) is 4.50. The molecule has 0 unspecified atom stereocenters. The Balaban J connectivity index is 1.74. The number of hydrogen-bond acceptors (Lipinski definition) is 3. The van der Waals surface area contributed by atoms with Crippen LogP contribution in [0.4, 0.5) is 5.13 Å². The van der Waals surface area contributed by atoms with Crippen molar-refractivity contribution in [1.82, 2.24) is 4.98 Å². The van der Waals surface area contributed by atoms with Gasteiger partial charge in [-0.3, -0.25) is 0 Å². The number of aryl methyl sites for hydroxylation is 1. The molecule has 16 heavy (non-hydrogen) atoms. The third kappa shape index (κ3) is 3.36. The van der Waals surface area contributed by atoms with Crippen molar-refractivity contribution in [3.05, 3.63) is 11.1 Å². The van der Waals surface area contributed by atoms with E-state index in [2.05, 4.69) is 22.6 Å². The van der Waals surface area contributed by atoms with Gasteiger partial charge in [-0.25, -0.2) is 4.98 Å². The summed E-state index contributed by atoms with van der Waals surface area (Å²) in [4.78, 5) is 4.51. The van der Waals surface area contributed by atoms with Crippen LogP contribution in [0.25, 0.3) is 0 Å². The smallest absolute Gasteiger partial charge is 0.182 e. The second-order valence-corrected chi connectivity index (χ2v) is 5.97. The zero-order chi connectivity index (χ0) is 11.4. The van der Waals surface area contributed by atoms with E-state index in [4.69, 9.17) is 11.6 Å². The molecule has 0 aliphatic heterocycles. The number of hydrogen-bond donors (Lipinski definition) is 1. The second kappa shape index (κ2) is 5.87. The molecular weight excluding hydrogens is 240 g/mol. The molecule has 1 aliphatic carbocycles. The molecule has 1 N–H and O–H groups in total. The minimum atomic E-state index is 0.419. The van der Waals surface area contributed by atoms with Crippen LogP contribution in [0, 0.1) is 5.92 Å². The van der Waals surface area contributed by atoms with Gasteiger partial charge in [-0.2, -0.15) is 0 Å². The average molecular weight is 259 g/mol. The van der Waals surface area contributed by atoms with Crippen molar-refractivity contribution in [2.75, 3.05) is 11.9 Å². The van der Waals surface area contributed by atoms with Crippen molar-refractivity contribution in [2.24, 2.45) is 5.92 Å². The number of thiazole rings is 1. The van der Waals surface area contributed by atoms with Gasteiger partial charge in [-0.05, 0) is 38.0 Å². The Morgan fingerprint density at radius 1 is 1.44 bits per heavy atom. The molecule has 0 bridgehead atoms. The van der Waals surface area contributed by atoms with Crippen LogP contribution in [-0.4, -0.2) is 16.9 Å². The van der Waals surface area contributed by atoms with E-state index in [0.717, 1.165) is 24.0 Å². The molecule has 1 saturated carbocycles. The summed E-state index contributed by atoms with van der Waals surface area (Å²) in [7, 11) is 0. The van der Waals surface area contributed by atoms with Gasteiger partial charge in [0.1, 0.15) is 0 Å². The van der Waals surface area contributed by atoms with E-state index in [1.165, 1.54) is 31.4 Å². The summed E-state index contributed by atoms with van der Waals surface area (Å²) >= 11 is 7.81. The lowest BCUT2D eigenvalue weighted by atomic mass is 9.89. The van der Waals surface area contributed by atoms with E-state index in [9.17, 15) is 0 Å². The molecule has 0 atom stereocenters. The number of rotatable bonds is 4. The van der Waals surface area contributed by atoms with Gasteiger partial charge in [-0.15, -0.1) is 22.9 Å². The van der Waals surface area contributed by atoms with Gasteiger partial charge in [0.2, 0.25) is 0 Å². The molecule has 2 rings (SSSR count). The summed E-state index contributed by atoms with van der Waals surface area (Å²) in [6, 6.07) is 0. The van der Waals surface area contributed by atoms with Crippen molar-refractivity contribution in [3.8, 4) is 0 Å². The highest BCUT2D eigenvalue weighted by Crippen LogP contribution is 2.28. The number of aromatic nitrogens is 1. The van der Waals surface area contributed by atoms with Crippen molar-refractivity contribution < 1.29 is 0 Å². The van der Waals surface area contributed by atoms with Crippen molar-refractivity contribution in [2.45, 2.75) is 44.4 Å². The lowest BCUT2D eigenvalue weighted by molar-refractivity contribution is 0.378. The number of halogens is 1. The van der Waals surface area contributed by atoms with Crippen LogP contribution in [0.2, 0.25) is 0 Å². The highest BCUT2D eigenvalue weighted by molar-refractivity contribution is 7.13. The molecule has 0 amide bonds. The Kier molecular flexibility index (Phi) is 4.47. The zero-order valence-corrected chi connectivity index (χ0v) is 11.3. The maximum absolute atomic E-state index is 6.09. The largest absolute Gasteiger partial charge is 0.361 e. The third-order valence-electron chi connectivity index (χ3n) is 3.23. The molecule has 1 aromatic rings. The fourth-order valence-corrected chi connectivity index (χ4v) is 3.16. The van der Waals surface area contributed by atoms with Crippen LogP contribution < -0.4 is 5.32 Å². The maximum atomic E-state index is 6.09. The first kappa shape index (κ1) is 12.2. The maximum Gasteiger partial charge on any atom is 0.182 e. The lowest BCUT2D eigenvalue weighted by Gasteiger charge is -2.24. The third-order valence-corrected chi connectivity index (χ3v) is 4.52. The molecule has 1 heterocycles. The molecule has 0 saturated heterocycles. The van der Waals surface area contributed by atoms with Crippen LogP contribution in [0.15, 0.2) is 5.38 Å². The quantitative estimate of drug-likeness (QED) is 0.829. The van der Waals surface area contributed by atoms with Gasteiger partial charge in [0.25, 0.3) is 0 Å². The van der Waals surface area contributed by atoms with E-state index in [-0.39, 0.29) is 0 Å². The van der Waals surface area contributed by atoms with E-state index in [1.54, 1.807) is 11.3 Å². The fourth-order valence-electron chi connectivity index (χ4n) is 2.11. The standard InChI is InChI=1S/C12H19ClN2S/c1-2-11-8-16-12(15-11)14-7-9-3-5-10(13)6-4-9/h8-10H,2-7H2,1H3,(H,14,15). The monoisotopic (exact) mass is 258 g/mol. The van der Waals surface area contributed by atoms with Gasteiger partial charge >= 0.3 is 0 Å². The molecule has 0 spiro atoms. The first-order valence-electron chi connectivity index (χ1n) is 6.10. The Bertz CT molecular complexity index is 319. The van der Waals surface area contributed by atoms with Gasteiger partial charge in [0, 0.05) is 17.3 Å². The van der Waals surface area contributed by atoms with Crippen LogP contribution in [0.3, 0.4) is 0 Å². The molecule has 0 radical (unpaired) electrons. The predicted molar refractivity (Wildman–Crippen MR) is 71.6 cm³/mol. The minimum absolute atomic E-state index is 0.419. The van der Waals surface area contributed by atoms with Crippen LogP contribution in [0.1, 0.15) is 38.3 Å². The molecular formula is C12H19ClN2S. The van der Waals surface area contributed by atoms with Gasteiger partial charge in [0.15, 0.2) is 5.13 Å². The number of nitrogens with one attached hydrogen (secondary N) is 1. The highest BCUT2D eigenvalue weighted by atomic mass is 35.5. The average Bonchev–Trinajstić information content (AvgIpc) is 2.76. The number of nitrogens with zero attached hydrogens (tertiary/aromatic N) is 1. The molecule has 0 aromatic carbocycles. The molecule has 90 valence electrons. The molecule has 2 nitrogen and oxygen atoms in total. The van der Waals surface area contributed by atoms with E-state index < -0.39 is 0 Å². The Labute approximate surface area is 106 Å². The normalized spacial score (nSPS) is 25.6. The van der Waals surface area contributed by atoms with Crippen molar-refractivity contribution in [1.29, 1.82) is 0 Å². The summed E-state index contributed by atoms with van der Waals surface area (Å²) in [6.45, 7) is 3.20. The van der Waals surface area contributed by atoms with Crippen molar-refractivity contribution >= 4 is 28.1 Å². The molecule has 1 aromatic heterocycles. The first-order chi connectivity index (χ1) is 7.78. The SMILES string of the molecule is CCc1csc(NCC2CCC(Cl)CC2)n1. The zero-order valence-electron chi connectivity index (χ0n) is 9.71. The van der Waals surface area contributed by atoms with Crippen LogP contribution in [-0.2, 0) is 6.42 Å². The molecule has 1 aliphatic rings. The minimum Gasteiger partial charge on any atom is -0.361 e. The van der Waals surface area contributed by atoms with Crippen LogP contribution >= 0.6 is 22.9 Å².